The number of halogens is 1. The van der Waals surface area contributed by atoms with Crippen molar-refractivity contribution < 1.29 is 28.1 Å². The van der Waals surface area contributed by atoms with Crippen LogP contribution in [0, 0.1) is 0 Å². The highest BCUT2D eigenvalue weighted by atomic mass is 19.1. The molecule has 0 bridgehead atoms. The Bertz CT molecular complexity index is 610. The maximum absolute atomic E-state index is 11.5. The summed E-state index contributed by atoms with van der Waals surface area (Å²) in [6.45, 7) is 12.7. The van der Waals surface area contributed by atoms with Crippen molar-refractivity contribution in [2.45, 2.75) is 26.4 Å². The van der Waals surface area contributed by atoms with Crippen LogP contribution in [0.25, 0.3) is 0 Å². The first kappa shape index (κ1) is 20.3. The van der Waals surface area contributed by atoms with Gasteiger partial charge >= 0.3 is 6.09 Å². The topological polar surface area (TPSA) is 66.0 Å². The molecule has 1 aliphatic rings. The highest BCUT2D eigenvalue weighted by molar-refractivity contribution is 5.68. The number of fused-ring (bicyclic) bond motifs is 1. The van der Waals surface area contributed by atoms with E-state index in [1.54, 1.807) is 6.07 Å². The fourth-order valence-electron chi connectivity index (χ4n) is 1.76. The van der Waals surface area contributed by atoms with E-state index in [1.165, 1.54) is 0 Å². The molecule has 0 saturated carbocycles. The van der Waals surface area contributed by atoms with Gasteiger partial charge in [0.2, 0.25) is 12.5 Å². The molecule has 1 amide bonds. The highest BCUT2D eigenvalue weighted by Gasteiger charge is 2.19. The van der Waals surface area contributed by atoms with Crippen LogP contribution in [0.2, 0.25) is 0 Å². The lowest BCUT2D eigenvalue weighted by Gasteiger charge is -2.20. The maximum atomic E-state index is 11.5. The number of benzene rings is 1. The Morgan fingerprint density at radius 3 is 2.72 bits per heavy atom. The van der Waals surface area contributed by atoms with E-state index in [-0.39, 0.29) is 26.3 Å². The van der Waals surface area contributed by atoms with Crippen LogP contribution in [-0.2, 0) is 4.74 Å². The number of hydrogen-bond acceptors (Lipinski definition) is 5. The van der Waals surface area contributed by atoms with E-state index in [0.29, 0.717) is 22.8 Å². The molecule has 1 N–H and O–H groups in total. The van der Waals surface area contributed by atoms with Crippen LogP contribution in [0.15, 0.2) is 43.3 Å². The van der Waals surface area contributed by atoms with Crippen molar-refractivity contribution >= 4 is 6.09 Å². The van der Waals surface area contributed by atoms with E-state index in [1.807, 2.05) is 32.9 Å². The molecular weight excluding hydrogens is 329 g/mol. The predicted octanol–water partition coefficient (Wildman–Crippen LogP) is 3.97. The fourth-order valence-corrected chi connectivity index (χ4v) is 1.76. The lowest BCUT2D eigenvalue weighted by Crippen LogP contribution is -2.34. The van der Waals surface area contributed by atoms with E-state index in [9.17, 15) is 9.18 Å². The molecule has 6 nitrogen and oxygen atoms in total. The summed E-state index contributed by atoms with van der Waals surface area (Å²) in [7, 11) is 0. The standard InChI is InChI=1S/C16H21NO5.C2H3F/c1-11(8-17-15(18)22-16(2,3)4)9-19-12-6-5-7-13-14(12)21-10-20-13;1-2-3/h5-7H,1,8-10H2,2-4H3,(H,17,18);2H,1H2. The van der Waals surface area contributed by atoms with Gasteiger partial charge in [-0.05, 0) is 38.5 Å². The number of alkyl carbamates (subject to hydrolysis) is 1. The minimum Gasteiger partial charge on any atom is -0.485 e. The molecule has 2 rings (SSSR count). The van der Waals surface area contributed by atoms with Crippen molar-refractivity contribution in [1.29, 1.82) is 0 Å². The summed E-state index contributed by atoms with van der Waals surface area (Å²) in [4.78, 5) is 11.5. The fraction of sp³-hybridized carbons (Fsp3) is 0.389. The number of rotatable bonds is 5. The first-order chi connectivity index (χ1) is 11.8. The second kappa shape index (κ2) is 9.56. The Labute approximate surface area is 147 Å². The van der Waals surface area contributed by atoms with Gasteiger partial charge in [-0.25, -0.2) is 9.18 Å². The van der Waals surface area contributed by atoms with Crippen LogP contribution in [0.3, 0.4) is 0 Å². The largest absolute Gasteiger partial charge is 0.485 e. The average molecular weight is 353 g/mol. The Hall–Kier alpha value is -2.70. The summed E-state index contributed by atoms with van der Waals surface area (Å²) in [6, 6.07) is 5.43. The molecule has 25 heavy (non-hydrogen) atoms. The molecule has 0 saturated heterocycles. The van der Waals surface area contributed by atoms with Gasteiger partial charge in [-0.15, -0.1) is 0 Å². The molecule has 0 fully saturated rings. The summed E-state index contributed by atoms with van der Waals surface area (Å²) in [6.07, 6.45) is -0.231. The predicted molar refractivity (Wildman–Crippen MR) is 92.7 cm³/mol. The van der Waals surface area contributed by atoms with Crippen molar-refractivity contribution in [3.63, 3.8) is 0 Å². The summed E-state index contributed by atoms with van der Waals surface area (Å²) in [5, 5.41) is 2.63. The molecule has 0 aromatic heterocycles. The van der Waals surface area contributed by atoms with Gasteiger partial charge in [0.05, 0.1) is 6.33 Å². The van der Waals surface area contributed by atoms with Crippen LogP contribution < -0.4 is 19.5 Å². The van der Waals surface area contributed by atoms with Crippen molar-refractivity contribution in [2.75, 3.05) is 19.9 Å². The Kier molecular flexibility index (Phi) is 7.78. The number of hydrogen-bond donors (Lipinski definition) is 1. The monoisotopic (exact) mass is 353 g/mol. The van der Waals surface area contributed by atoms with Gasteiger partial charge < -0.3 is 24.3 Å². The smallest absolute Gasteiger partial charge is 0.407 e. The van der Waals surface area contributed by atoms with Gasteiger partial charge in [-0.3, -0.25) is 0 Å². The third kappa shape index (κ3) is 7.60. The molecule has 1 aromatic rings. The van der Waals surface area contributed by atoms with E-state index in [0.717, 1.165) is 0 Å². The average Bonchev–Trinajstić information content (AvgIpc) is 2.99. The molecule has 7 heteroatoms. The third-order valence-electron chi connectivity index (χ3n) is 2.67. The minimum atomic E-state index is -0.524. The summed E-state index contributed by atoms with van der Waals surface area (Å²) in [5.41, 5.74) is 0.187. The summed E-state index contributed by atoms with van der Waals surface area (Å²) < 4.78 is 31.5. The molecule has 1 aliphatic heterocycles. The van der Waals surface area contributed by atoms with E-state index in [2.05, 4.69) is 18.5 Å². The first-order valence-corrected chi connectivity index (χ1v) is 7.63. The lowest BCUT2D eigenvalue weighted by atomic mass is 10.2. The van der Waals surface area contributed by atoms with Crippen LogP contribution in [0.5, 0.6) is 17.2 Å². The molecule has 1 aromatic carbocycles. The first-order valence-electron chi connectivity index (χ1n) is 7.63. The molecular formula is C18H24FNO5. The molecule has 138 valence electrons. The van der Waals surface area contributed by atoms with Crippen molar-refractivity contribution in [3.05, 3.63) is 43.3 Å². The molecule has 0 radical (unpaired) electrons. The number of carbonyl (C=O) groups excluding carboxylic acids is 1. The van der Waals surface area contributed by atoms with Gasteiger partial charge in [-0.1, -0.05) is 19.2 Å². The molecule has 0 aliphatic carbocycles. The third-order valence-corrected chi connectivity index (χ3v) is 2.67. The Balaban J connectivity index is 0.000000970. The molecule has 0 spiro atoms. The van der Waals surface area contributed by atoms with Crippen molar-refractivity contribution in [3.8, 4) is 17.2 Å². The van der Waals surface area contributed by atoms with E-state index in [4.69, 9.17) is 18.9 Å². The number of carbonyl (C=O) groups is 1. The molecule has 0 atom stereocenters. The van der Waals surface area contributed by atoms with Crippen LogP contribution in [0.1, 0.15) is 20.8 Å². The van der Waals surface area contributed by atoms with Gasteiger partial charge in [0.1, 0.15) is 12.2 Å². The van der Waals surface area contributed by atoms with E-state index >= 15 is 0 Å². The normalized spacial score (nSPS) is 11.7. The second-order valence-corrected chi connectivity index (χ2v) is 6.04. The number of ether oxygens (including phenoxy) is 4. The van der Waals surface area contributed by atoms with E-state index < -0.39 is 11.7 Å². The van der Waals surface area contributed by atoms with Crippen LogP contribution >= 0.6 is 0 Å². The lowest BCUT2D eigenvalue weighted by molar-refractivity contribution is 0.0531. The van der Waals surface area contributed by atoms with Gasteiger partial charge in [0, 0.05) is 6.54 Å². The zero-order valence-corrected chi connectivity index (χ0v) is 14.8. The maximum Gasteiger partial charge on any atom is 0.407 e. The summed E-state index contributed by atoms with van der Waals surface area (Å²) >= 11 is 0. The van der Waals surface area contributed by atoms with Gasteiger partial charge in [-0.2, -0.15) is 0 Å². The number of amides is 1. The number of para-hydroxylation sites is 1. The second-order valence-electron chi connectivity index (χ2n) is 6.04. The Morgan fingerprint density at radius 2 is 2.08 bits per heavy atom. The van der Waals surface area contributed by atoms with Crippen LogP contribution in [0.4, 0.5) is 9.18 Å². The molecule has 1 heterocycles. The van der Waals surface area contributed by atoms with Gasteiger partial charge in [0.25, 0.3) is 0 Å². The quantitative estimate of drug-likeness (QED) is 0.811. The summed E-state index contributed by atoms with van der Waals surface area (Å²) in [5.74, 6) is 1.85. The van der Waals surface area contributed by atoms with Gasteiger partial charge in [0.15, 0.2) is 11.5 Å². The van der Waals surface area contributed by atoms with Crippen molar-refractivity contribution in [2.24, 2.45) is 0 Å². The minimum absolute atomic E-state index is 0.191. The Morgan fingerprint density at radius 1 is 1.40 bits per heavy atom. The van der Waals surface area contributed by atoms with Crippen molar-refractivity contribution in [1.82, 2.24) is 5.32 Å². The SMILES string of the molecule is C=C(CNC(=O)OC(C)(C)C)COc1cccc2c1OCO2.C=CF. The number of nitrogens with one attached hydrogen (secondary N) is 1. The zero-order valence-electron chi connectivity index (χ0n) is 14.8. The zero-order chi connectivity index (χ0) is 18.9. The highest BCUT2D eigenvalue weighted by Crippen LogP contribution is 2.40. The van der Waals surface area contributed by atoms with Crippen LogP contribution in [-0.4, -0.2) is 31.6 Å². The molecule has 0 unspecified atom stereocenters.